The molecule has 4 rings (SSSR count). The molecule has 36 heavy (non-hydrogen) atoms. The highest BCUT2D eigenvalue weighted by atomic mass is 19.1. The van der Waals surface area contributed by atoms with Crippen molar-refractivity contribution in [3.8, 4) is 11.4 Å². The second kappa shape index (κ2) is 10.1. The fourth-order valence-corrected chi connectivity index (χ4v) is 3.81. The summed E-state index contributed by atoms with van der Waals surface area (Å²) in [5.41, 5.74) is 2.31. The Morgan fingerprint density at radius 3 is 2.08 bits per heavy atom. The third-order valence-corrected chi connectivity index (χ3v) is 5.68. The summed E-state index contributed by atoms with van der Waals surface area (Å²) in [6, 6.07) is 13.4. The molecule has 0 aliphatic rings. The Balaban J connectivity index is 1.95. The molecule has 0 amide bonds. The van der Waals surface area contributed by atoms with Gasteiger partial charge >= 0.3 is 17.1 Å². The van der Waals surface area contributed by atoms with Crippen molar-refractivity contribution in [1.82, 2.24) is 13.7 Å². The van der Waals surface area contributed by atoms with E-state index in [1.807, 2.05) is 0 Å². The van der Waals surface area contributed by atoms with Gasteiger partial charge < -0.3 is 10.5 Å². The van der Waals surface area contributed by atoms with Crippen molar-refractivity contribution in [1.29, 1.82) is 0 Å². The maximum Gasteiger partial charge on any atom is 0.341 e. The molecule has 0 aliphatic carbocycles. The first kappa shape index (κ1) is 24.7. The van der Waals surface area contributed by atoms with Crippen molar-refractivity contribution in [3.63, 3.8) is 0 Å². The van der Waals surface area contributed by atoms with E-state index < -0.39 is 59.2 Å². The topological polar surface area (TPSA) is 101 Å². The van der Waals surface area contributed by atoms with E-state index in [-0.39, 0.29) is 11.3 Å². The fraction of sp³-hybridized carbons (Fsp3) is 0.160. The van der Waals surface area contributed by atoms with Crippen LogP contribution in [0.1, 0.15) is 17.2 Å². The normalized spacial score (nSPS) is 11.9. The molecule has 2 N–H and O–H groups in total. The predicted molar refractivity (Wildman–Crippen MR) is 126 cm³/mol. The van der Waals surface area contributed by atoms with Crippen LogP contribution in [0.4, 0.5) is 13.2 Å². The largest absolute Gasteiger partial charge is 0.497 e. The van der Waals surface area contributed by atoms with Gasteiger partial charge in [-0.25, -0.2) is 41.3 Å². The quantitative estimate of drug-likeness (QED) is 0.422. The number of benzene rings is 3. The molecule has 0 aliphatic heterocycles. The SMILES string of the molecule is COc1cccc(-n2c(=O)n(Cc3c(F)cccc3F)c(=O)n(CC(N)c3ccccc3F)c2=O)c1. The molecule has 0 saturated carbocycles. The second-order valence-electron chi connectivity index (χ2n) is 7.91. The summed E-state index contributed by atoms with van der Waals surface area (Å²) >= 11 is 0. The molecule has 1 aromatic heterocycles. The van der Waals surface area contributed by atoms with Crippen LogP contribution in [0.15, 0.2) is 81.1 Å². The zero-order chi connectivity index (χ0) is 26.0. The number of aromatic nitrogens is 3. The molecule has 1 atom stereocenters. The van der Waals surface area contributed by atoms with E-state index in [0.717, 1.165) is 18.2 Å². The van der Waals surface area contributed by atoms with Gasteiger partial charge in [-0.3, -0.25) is 0 Å². The lowest BCUT2D eigenvalue weighted by Gasteiger charge is -2.18. The zero-order valence-electron chi connectivity index (χ0n) is 19.0. The van der Waals surface area contributed by atoms with Crippen molar-refractivity contribution in [3.05, 3.63) is 127 Å². The van der Waals surface area contributed by atoms with Gasteiger partial charge in [-0.05, 0) is 30.3 Å². The molecule has 3 aromatic carbocycles. The number of hydrogen-bond donors (Lipinski definition) is 1. The van der Waals surface area contributed by atoms with Crippen LogP contribution in [0, 0.1) is 17.5 Å². The van der Waals surface area contributed by atoms with Gasteiger partial charge in [0.2, 0.25) is 0 Å². The van der Waals surface area contributed by atoms with E-state index in [1.54, 1.807) is 6.07 Å². The van der Waals surface area contributed by atoms with Gasteiger partial charge in [0.25, 0.3) is 0 Å². The van der Waals surface area contributed by atoms with Crippen LogP contribution < -0.4 is 27.5 Å². The van der Waals surface area contributed by atoms with E-state index in [1.165, 1.54) is 49.6 Å². The summed E-state index contributed by atoms with van der Waals surface area (Å²) in [5.74, 6) is -2.29. The molecule has 0 radical (unpaired) electrons. The predicted octanol–water partition coefficient (Wildman–Crippen LogP) is 2.34. The Bertz CT molecular complexity index is 1590. The summed E-state index contributed by atoms with van der Waals surface area (Å²) in [6.07, 6.45) is 0. The summed E-state index contributed by atoms with van der Waals surface area (Å²) in [4.78, 5) is 40.0. The maximum atomic E-state index is 14.4. The lowest BCUT2D eigenvalue weighted by molar-refractivity contribution is 0.414. The van der Waals surface area contributed by atoms with Gasteiger partial charge in [-0.1, -0.05) is 30.3 Å². The minimum Gasteiger partial charge on any atom is -0.497 e. The molecule has 4 aromatic rings. The van der Waals surface area contributed by atoms with Crippen LogP contribution in [-0.4, -0.2) is 20.8 Å². The van der Waals surface area contributed by atoms with Crippen LogP contribution in [0.2, 0.25) is 0 Å². The molecule has 0 fully saturated rings. The number of methoxy groups -OCH3 is 1. The van der Waals surface area contributed by atoms with Crippen molar-refractivity contribution >= 4 is 0 Å². The standard InChI is InChI=1S/C25H21F3N4O4/c1-36-16-7-4-6-15(12-16)32-24(34)30(13-18-20(27)10-5-11-21(18)28)23(33)31(25(32)35)14-22(29)17-8-2-3-9-19(17)26/h2-12,22H,13-14,29H2,1H3. The summed E-state index contributed by atoms with van der Waals surface area (Å²) in [5, 5.41) is 0. The number of ether oxygens (including phenoxy) is 1. The maximum absolute atomic E-state index is 14.4. The van der Waals surface area contributed by atoms with Gasteiger partial charge in [0.15, 0.2) is 0 Å². The van der Waals surface area contributed by atoms with Gasteiger partial charge in [-0.2, -0.15) is 0 Å². The molecule has 0 spiro atoms. The van der Waals surface area contributed by atoms with Gasteiger partial charge in [0.1, 0.15) is 23.2 Å². The number of halogens is 3. The van der Waals surface area contributed by atoms with Gasteiger partial charge in [0, 0.05) is 17.2 Å². The third kappa shape index (κ3) is 4.60. The Hall–Kier alpha value is -4.38. The fourth-order valence-electron chi connectivity index (χ4n) is 3.81. The Labute approximate surface area is 202 Å². The summed E-state index contributed by atoms with van der Waals surface area (Å²) < 4.78 is 50.0. The van der Waals surface area contributed by atoms with E-state index in [4.69, 9.17) is 10.5 Å². The van der Waals surface area contributed by atoms with E-state index in [9.17, 15) is 27.6 Å². The van der Waals surface area contributed by atoms with Crippen LogP contribution in [0.25, 0.3) is 5.69 Å². The van der Waals surface area contributed by atoms with Crippen molar-refractivity contribution < 1.29 is 17.9 Å². The molecule has 11 heteroatoms. The Kier molecular flexibility index (Phi) is 6.93. The first-order valence-corrected chi connectivity index (χ1v) is 10.8. The van der Waals surface area contributed by atoms with E-state index >= 15 is 0 Å². The highest BCUT2D eigenvalue weighted by molar-refractivity contribution is 5.39. The Morgan fingerprint density at radius 2 is 1.42 bits per heavy atom. The molecule has 186 valence electrons. The van der Waals surface area contributed by atoms with Crippen LogP contribution in [0.5, 0.6) is 5.75 Å². The zero-order valence-corrected chi connectivity index (χ0v) is 19.0. The molecular weight excluding hydrogens is 477 g/mol. The first-order valence-electron chi connectivity index (χ1n) is 10.8. The Morgan fingerprint density at radius 1 is 0.806 bits per heavy atom. The van der Waals surface area contributed by atoms with Crippen molar-refractivity contribution in [2.45, 2.75) is 19.1 Å². The number of hydrogen-bond acceptors (Lipinski definition) is 5. The van der Waals surface area contributed by atoms with Crippen molar-refractivity contribution in [2.75, 3.05) is 7.11 Å². The van der Waals surface area contributed by atoms with Crippen LogP contribution >= 0.6 is 0 Å². The van der Waals surface area contributed by atoms with E-state index in [0.29, 0.717) is 19.5 Å². The first-order chi connectivity index (χ1) is 17.2. The molecule has 0 saturated heterocycles. The van der Waals surface area contributed by atoms with Crippen LogP contribution in [-0.2, 0) is 13.1 Å². The number of nitrogens with zero attached hydrogens (tertiary/aromatic N) is 3. The minimum atomic E-state index is -1.15. The average molecular weight is 498 g/mol. The van der Waals surface area contributed by atoms with E-state index in [2.05, 4.69) is 0 Å². The highest BCUT2D eigenvalue weighted by Gasteiger charge is 2.22. The molecule has 1 unspecified atom stereocenters. The lowest BCUT2D eigenvalue weighted by Crippen LogP contribution is -2.55. The molecule has 8 nitrogen and oxygen atoms in total. The summed E-state index contributed by atoms with van der Waals surface area (Å²) in [6.45, 7) is -1.31. The molecule has 0 bridgehead atoms. The molecular formula is C25H21F3N4O4. The second-order valence-corrected chi connectivity index (χ2v) is 7.91. The van der Waals surface area contributed by atoms with Gasteiger partial charge in [0.05, 0.1) is 31.9 Å². The highest BCUT2D eigenvalue weighted by Crippen LogP contribution is 2.17. The lowest BCUT2D eigenvalue weighted by atomic mass is 10.1. The number of rotatable bonds is 7. The number of nitrogens with two attached hydrogens (primary N) is 1. The smallest absolute Gasteiger partial charge is 0.341 e. The third-order valence-electron chi connectivity index (χ3n) is 5.68. The minimum absolute atomic E-state index is 0.0367. The van der Waals surface area contributed by atoms with Gasteiger partial charge in [-0.15, -0.1) is 0 Å². The average Bonchev–Trinajstić information content (AvgIpc) is 2.86. The summed E-state index contributed by atoms with van der Waals surface area (Å²) in [7, 11) is 1.38. The van der Waals surface area contributed by atoms with Crippen LogP contribution in [0.3, 0.4) is 0 Å². The molecule has 1 heterocycles. The van der Waals surface area contributed by atoms with Crippen molar-refractivity contribution in [2.24, 2.45) is 5.73 Å². The monoisotopic (exact) mass is 498 g/mol.